The summed E-state index contributed by atoms with van der Waals surface area (Å²) in [6.07, 6.45) is 2.91. The number of hydrogen-bond donors (Lipinski definition) is 2. The number of hydrogen-bond acceptors (Lipinski definition) is 4. The third-order valence-electron chi connectivity index (χ3n) is 3.31. The van der Waals surface area contributed by atoms with Crippen molar-refractivity contribution in [1.29, 1.82) is 0 Å². The van der Waals surface area contributed by atoms with Crippen molar-refractivity contribution in [2.75, 3.05) is 24.2 Å². The van der Waals surface area contributed by atoms with Crippen molar-refractivity contribution in [2.24, 2.45) is 0 Å². The van der Waals surface area contributed by atoms with E-state index in [-0.39, 0.29) is 0 Å². The summed E-state index contributed by atoms with van der Waals surface area (Å²) in [6.45, 7) is 5.59. The van der Waals surface area contributed by atoms with Crippen LogP contribution in [-0.4, -0.2) is 13.2 Å². The fourth-order valence-electron chi connectivity index (χ4n) is 2.09. The van der Waals surface area contributed by atoms with E-state index in [1.165, 1.54) is 11.1 Å². The molecule has 0 saturated heterocycles. The molecule has 0 aliphatic carbocycles. The van der Waals surface area contributed by atoms with Crippen molar-refractivity contribution in [3.8, 4) is 0 Å². The first kappa shape index (κ1) is 17.3. The van der Waals surface area contributed by atoms with Gasteiger partial charge in [0, 0.05) is 0 Å². The maximum atomic E-state index is 5.31. The molecule has 0 aromatic heterocycles. The van der Waals surface area contributed by atoms with Crippen molar-refractivity contribution in [1.82, 2.24) is 0 Å². The van der Waals surface area contributed by atoms with Gasteiger partial charge in [0.1, 0.15) is 0 Å². The highest BCUT2D eigenvalue weighted by molar-refractivity contribution is 5.46. The maximum absolute atomic E-state index is 5.31. The average Bonchev–Trinajstić information content (AvgIpc) is 2.58. The predicted octanol–water partition coefficient (Wildman–Crippen LogP) is 4.78. The van der Waals surface area contributed by atoms with Crippen LogP contribution in [0, 0.1) is 0 Å². The molecule has 0 aliphatic heterocycles. The minimum Gasteiger partial charge on any atom is -0.276 e. The van der Waals surface area contributed by atoms with Crippen molar-refractivity contribution in [2.45, 2.75) is 33.1 Å². The Labute approximate surface area is 138 Å². The van der Waals surface area contributed by atoms with Gasteiger partial charge in [-0.1, -0.05) is 38.1 Å². The first-order valence-corrected chi connectivity index (χ1v) is 8.25. The SMILES string of the molecule is CCCONc1ccc(Cc2ccc(NOCCC)cc2)cc1. The Hall–Kier alpha value is -2.04. The number of nitrogens with one attached hydrogen (secondary N) is 2. The third kappa shape index (κ3) is 6.30. The Kier molecular flexibility index (Phi) is 7.43. The van der Waals surface area contributed by atoms with Crippen molar-refractivity contribution < 1.29 is 9.68 Å². The zero-order valence-electron chi connectivity index (χ0n) is 14.0. The highest BCUT2D eigenvalue weighted by Gasteiger charge is 1.99. The van der Waals surface area contributed by atoms with E-state index in [0.29, 0.717) is 13.2 Å². The summed E-state index contributed by atoms with van der Waals surface area (Å²) in [7, 11) is 0. The molecule has 0 atom stereocenters. The summed E-state index contributed by atoms with van der Waals surface area (Å²) in [6, 6.07) is 16.6. The standard InChI is InChI=1S/C19H26N2O2/c1-3-13-22-20-18-9-5-16(6-10-18)15-17-7-11-19(12-8-17)21-23-14-4-2/h5-12,20-21H,3-4,13-15H2,1-2H3. The van der Waals surface area contributed by atoms with Crippen LogP contribution in [0.15, 0.2) is 48.5 Å². The summed E-state index contributed by atoms with van der Waals surface area (Å²) < 4.78 is 0. The van der Waals surface area contributed by atoms with E-state index in [2.05, 4.69) is 49.1 Å². The van der Waals surface area contributed by atoms with Gasteiger partial charge in [-0.05, 0) is 54.7 Å². The van der Waals surface area contributed by atoms with Gasteiger partial charge in [-0.2, -0.15) is 0 Å². The Bertz CT molecular complexity index is 501. The topological polar surface area (TPSA) is 42.5 Å². The summed E-state index contributed by atoms with van der Waals surface area (Å²) in [4.78, 5) is 10.6. The van der Waals surface area contributed by atoms with Crippen LogP contribution in [0.3, 0.4) is 0 Å². The van der Waals surface area contributed by atoms with Crippen LogP contribution in [0.25, 0.3) is 0 Å². The monoisotopic (exact) mass is 314 g/mol. The molecular weight excluding hydrogens is 288 g/mol. The van der Waals surface area contributed by atoms with E-state index >= 15 is 0 Å². The van der Waals surface area contributed by atoms with Gasteiger partial charge in [0.05, 0.1) is 24.6 Å². The molecule has 124 valence electrons. The van der Waals surface area contributed by atoms with Crippen molar-refractivity contribution in [3.05, 3.63) is 59.7 Å². The second-order valence-electron chi connectivity index (χ2n) is 5.47. The zero-order chi connectivity index (χ0) is 16.3. The Balaban J connectivity index is 1.84. The minimum atomic E-state index is 0.712. The molecule has 0 bridgehead atoms. The predicted molar refractivity (Wildman–Crippen MR) is 95.4 cm³/mol. The molecule has 4 heteroatoms. The lowest BCUT2D eigenvalue weighted by molar-refractivity contribution is 0.194. The first-order chi connectivity index (χ1) is 11.3. The Morgan fingerprint density at radius 1 is 0.652 bits per heavy atom. The third-order valence-corrected chi connectivity index (χ3v) is 3.31. The lowest BCUT2D eigenvalue weighted by Gasteiger charge is -2.09. The number of benzene rings is 2. The second-order valence-corrected chi connectivity index (χ2v) is 5.47. The molecule has 0 spiro atoms. The molecule has 2 rings (SSSR count). The first-order valence-electron chi connectivity index (χ1n) is 8.25. The summed E-state index contributed by atoms with van der Waals surface area (Å²) in [5.74, 6) is 0. The molecule has 0 fully saturated rings. The van der Waals surface area contributed by atoms with Gasteiger partial charge in [0.2, 0.25) is 0 Å². The fourth-order valence-corrected chi connectivity index (χ4v) is 2.09. The van der Waals surface area contributed by atoms with Gasteiger partial charge in [0.15, 0.2) is 0 Å². The van der Waals surface area contributed by atoms with Gasteiger partial charge in [-0.25, -0.2) is 0 Å². The second kappa shape index (κ2) is 9.87. The van der Waals surface area contributed by atoms with Crippen molar-refractivity contribution in [3.63, 3.8) is 0 Å². The van der Waals surface area contributed by atoms with E-state index in [1.807, 2.05) is 24.3 Å². The molecule has 2 aromatic rings. The molecule has 0 aliphatic rings. The molecule has 0 unspecified atom stereocenters. The Morgan fingerprint density at radius 3 is 1.39 bits per heavy atom. The van der Waals surface area contributed by atoms with Gasteiger partial charge in [0.25, 0.3) is 0 Å². The molecule has 0 saturated carbocycles. The molecule has 4 nitrogen and oxygen atoms in total. The van der Waals surface area contributed by atoms with Gasteiger partial charge in [-0.15, -0.1) is 0 Å². The van der Waals surface area contributed by atoms with Gasteiger partial charge < -0.3 is 0 Å². The zero-order valence-corrected chi connectivity index (χ0v) is 14.0. The molecular formula is C19H26N2O2. The van der Waals surface area contributed by atoms with Gasteiger partial charge >= 0.3 is 0 Å². The van der Waals surface area contributed by atoms with E-state index in [9.17, 15) is 0 Å². The quantitative estimate of drug-likeness (QED) is 0.489. The lowest BCUT2D eigenvalue weighted by atomic mass is 10.0. The van der Waals surface area contributed by atoms with Crippen LogP contribution < -0.4 is 11.0 Å². The molecule has 0 amide bonds. The average molecular weight is 314 g/mol. The molecule has 0 heterocycles. The van der Waals surface area contributed by atoms with Crippen molar-refractivity contribution >= 4 is 11.4 Å². The fraction of sp³-hybridized carbons (Fsp3) is 0.368. The normalized spacial score (nSPS) is 10.5. The summed E-state index contributed by atoms with van der Waals surface area (Å²) in [5.41, 5.74) is 10.4. The largest absolute Gasteiger partial charge is 0.276 e. The number of anilines is 2. The van der Waals surface area contributed by atoms with Crippen LogP contribution in [0.2, 0.25) is 0 Å². The van der Waals surface area contributed by atoms with Crippen LogP contribution >= 0.6 is 0 Å². The Morgan fingerprint density at radius 2 is 1.04 bits per heavy atom. The number of rotatable bonds is 10. The van der Waals surface area contributed by atoms with Crippen LogP contribution in [-0.2, 0) is 16.1 Å². The highest BCUT2D eigenvalue weighted by Crippen LogP contribution is 2.16. The van der Waals surface area contributed by atoms with Crippen LogP contribution in [0.1, 0.15) is 37.8 Å². The van der Waals surface area contributed by atoms with Crippen LogP contribution in [0.5, 0.6) is 0 Å². The van der Waals surface area contributed by atoms with E-state index < -0.39 is 0 Å². The molecule has 0 radical (unpaired) electrons. The smallest absolute Gasteiger partial charge is 0.0743 e. The van der Waals surface area contributed by atoms with E-state index in [0.717, 1.165) is 30.6 Å². The molecule has 2 N–H and O–H groups in total. The van der Waals surface area contributed by atoms with Crippen LogP contribution in [0.4, 0.5) is 11.4 Å². The molecule has 23 heavy (non-hydrogen) atoms. The van der Waals surface area contributed by atoms with Gasteiger partial charge in [-0.3, -0.25) is 20.6 Å². The summed E-state index contributed by atoms with van der Waals surface area (Å²) in [5, 5.41) is 0. The molecule has 2 aromatic carbocycles. The minimum absolute atomic E-state index is 0.712. The van der Waals surface area contributed by atoms with E-state index in [4.69, 9.17) is 9.68 Å². The highest BCUT2D eigenvalue weighted by atomic mass is 16.6. The lowest BCUT2D eigenvalue weighted by Crippen LogP contribution is -2.02. The summed E-state index contributed by atoms with van der Waals surface area (Å²) >= 11 is 0. The maximum Gasteiger partial charge on any atom is 0.0743 e. The van der Waals surface area contributed by atoms with E-state index in [1.54, 1.807) is 0 Å².